The average molecular weight is 346 g/mol. The van der Waals surface area contributed by atoms with Crippen LogP contribution in [0, 0.1) is 6.92 Å². The molecule has 0 fully saturated rings. The molecule has 0 saturated heterocycles. The Morgan fingerprint density at radius 2 is 1.92 bits per heavy atom. The molecule has 4 rings (SSSR count). The lowest BCUT2D eigenvalue weighted by Gasteiger charge is -2.25. The van der Waals surface area contributed by atoms with E-state index >= 15 is 0 Å². The SMILES string of the molecule is Cc1ncc(CNC[C@H]2CC(=O)Nc3ccccc32)n1-c1ccccc1. The fourth-order valence-corrected chi connectivity index (χ4v) is 3.60. The number of aryl methyl sites for hydroxylation is 1. The minimum Gasteiger partial charge on any atom is -0.326 e. The monoisotopic (exact) mass is 346 g/mol. The maximum Gasteiger partial charge on any atom is 0.225 e. The van der Waals surface area contributed by atoms with Gasteiger partial charge in [-0.2, -0.15) is 0 Å². The molecule has 1 aliphatic heterocycles. The summed E-state index contributed by atoms with van der Waals surface area (Å²) >= 11 is 0. The summed E-state index contributed by atoms with van der Waals surface area (Å²) in [6.45, 7) is 3.47. The van der Waals surface area contributed by atoms with Gasteiger partial charge in [0.15, 0.2) is 0 Å². The van der Waals surface area contributed by atoms with E-state index in [1.165, 1.54) is 5.56 Å². The Labute approximate surface area is 153 Å². The van der Waals surface area contributed by atoms with Crippen LogP contribution in [0.4, 0.5) is 5.69 Å². The molecule has 0 radical (unpaired) electrons. The largest absolute Gasteiger partial charge is 0.326 e. The van der Waals surface area contributed by atoms with Crippen molar-refractivity contribution in [2.24, 2.45) is 0 Å². The van der Waals surface area contributed by atoms with Crippen molar-refractivity contribution in [1.29, 1.82) is 0 Å². The zero-order chi connectivity index (χ0) is 17.9. The second-order valence-corrected chi connectivity index (χ2v) is 6.64. The number of carbonyl (C=O) groups is 1. The highest BCUT2D eigenvalue weighted by Crippen LogP contribution is 2.31. The van der Waals surface area contributed by atoms with Crippen LogP contribution in [-0.4, -0.2) is 22.0 Å². The third-order valence-corrected chi connectivity index (χ3v) is 4.83. The fourth-order valence-electron chi connectivity index (χ4n) is 3.60. The van der Waals surface area contributed by atoms with Gasteiger partial charge in [-0.25, -0.2) is 4.98 Å². The molecule has 2 aromatic carbocycles. The summed E-state index contributed by atoms with van der Waals surface area (Å²) in [5.41, 5.74) is 4.36. The first-order valence-corrected chi connectivity index (χ1v) is 8.90. The number of anilines is 1. The highest BCUT2D eigenvalue weighted by atomic mass is 16.1. The van der Waals surface area contributed by atoms with Gasteiger partial charge in [-0.05, 0) is 30.7 Å². The number of para-hydroxylation sites is 2. The second kappa shape index (κ2) is 7.14. The molecule has 0 bridgehead atoms. The summed E-state index contributed by atoms with van der Waals surface area (Å²) < 4.78 is 2.16. The number of aromatic nitrogens is 2. The summed E-state index contributed by atoms with van der Waals surface area (Å²) in [7, 11) is 0. The van der Waals surface area contributed by atoms with Crippen LogP contribution in [0.3, 0.4) is 0 Å². The molecule has 1 amide bonds. The Bertz CT molecular complexity index is 917. The third-order valence-electron chi connectivity index (χ3n) is 4.83. The number of nitrogens with zero attached hydrogens (tertiary/aromatic N) is 2. The lowest BCUT2D eigenvalue weighted by molar-refractivity contribution is -0.116. The molecular formula is C21H22N4O. The molecule has 2 N–H and O–H groups in total. The molecule has 26 heavy (non-hydrogen) atoms. The quantitative estimate of drug-likeness (QED) is 0.744. The number of carbonyl (C=O) groups excluding carboxylic acids is 1. The molecule has 1 aromatic heterocycles. The van der Waals surface area contributed by atoms with Crippen molar-refractivity contribution in [3.05, 3.63) is 77.9 Å². The van der Waals surface area contributed by atoms with Gasteiger partial charge < -0.3 is 10.6 Å². The summed E-state index contributed by atoms with van der Waals surface area (Å²) in [5, 5.41) is 6.47. The van der Waals surface area contributed by atoms with Crippen molar-refractivity contribution < 1.29 is 4.79 Å². The lowest BCUT2D eigenvalue weighted by atomic mass is 9.90. The Balaban J connectivity index is 1.48. The van der Waals surface area contributed by atoms with Crippen molar-refractivity contribution in [2.45, 2.75) is 25.8 Å². The molecule has 1 atom stereocenters. The minimum absolute atomic E-state index is 0.0840. The lowest BCUT2D eigenvalue weighted by Crippen LogP contribution is -2.30. The van der Waals surface area contributed by atoms with Crippen LogP contribution in [0.2, 0.25) is 0 Å². The number of amides is 1. The average Bonchev–Trinajstić information content (AvgIpc) is 3.03. The van der Waals surface area contributed by atoms with Gasteiger partial charge in [0.05, 0.1) is 11.9 Å². The molecule has 1 aliphatic rings. The van der Waals surface area contributed by atoms with Crippen LogP contribution in [0.15, 0.2) is 60.8 Å². The number of hydrogen-bond acceptors (Lipinski definition) is 3. The smallest absolute Gasteiger partial charge is 0.225 e. The van der Waals surface area contributed by atoms with Crippen LogP contribution in [0.25, 0.3) is 5.69 Å². The molecule has 0 spiro atoms. The van der Waals surface area contributed by atoms with Crippen molar-refractivity contribution in [1.82, 2.24) is 14.9 Å². The van der Waals surface area contributed by atoms with Gasteiger partial charge >= 0.3 is 0 Å². The van der Waals surface area contributed by atoms with E-state index in [-0.39, 0.29) is 11.8 Å². The summed E-state index contributed by atoms with van der Waals surface area (Å²) in [4.78, 5) is 16.4. The number of hydrogen-bond donors (Lipinski definition) is 2. The van der Waals surface area contributed by atoms with Crippen LogP contribution in [0.1, 0.15) is 29.4 Å². The molecule has 132 valence electrons. The Hall–Kier alpha value is -2.92. The predicted molar refractivity (Wildman–Crippen MR) is 102 cm³/mol. The van der Waals surface area contributed by atoms with Gasteiger partial charge in [-0.15, -0.1) is 0 Å². The number of rotatable bonds is 5. The maximum atomic E-state index is 12.0. The molecule has 2 heterocycles. The molecule has 0 aliphatic carbocycles. The van der Waals surface area contributed by atoms with E-state index in [2.05, 4.69) is 38.4 Å². The van der Waals surface area contributed by atoms with E-state index < -0.39 is 0 Å². The fraction of sp³-hybridized carbons (Fsp3) is 0.238. The molecule has 5 nitrogen and oxygen atoms in total. The van der Waals surface area contributed by atoms with E-state index in [1.807, 2.05) is 49.5 Å². The van der Waals surface area contributed by atoms with Crippen LogP contribution in [0.5, 0.6) is 0 Å². The van der Waals surface area contributed by atoms with Crippen molar-refractivity contribution in [2.75, 3.05) is 11.9 Å². The van der Waals surface area contributed by atoms with Crippen LogP contribution in [-0.2, 0) is 11.3 Å². The zero-order valence-corrected chi connectivity index (χ0v) is 14.8. The molecule has 0 unspecified atom stereocenters. The first kappa shape index (κ1) is 16.5. The van der Waals surface area contributed by atoms with Crippen LogP contribution >= 0.6 is 0 Å². The highest BCUT2D eigenvalue weighted by molar-refractivity contribution is 5.94. The summed E-state index contributed by atoms with van der Waals surface area (Å²) in [6, 6.07) is 18.3. The number of nitrogens with one attached hydrogen (secondary N) is 2. The normalized spacial score (nSPS) is 16.2. The Kier molecular flexibility index (Phi) is 4.54. The Morgan fingerprint density at radius 1 is 1.15 bits per heavy atom. The second-order valence-electron chi connectivity index (χ2n) is 6.64. The number of fused-ring (bicyclic) bond motifs is 1. The van der Waals surface area contributed by atoms with Crippen LogP contribution < -0.4 is 10.6 Å². The standard InChI is InChI=1S/C21H22N4O/c1-15-23-14-18(25(15)17-7-3-2-4-8-17)13-22-12-16-11-21(26)24-20-10-6-5-9-19(16)20/h2-10,14,16,22H,11-13H2,1H3,(H,24,26)/t16-/m1/s1. The highest BCUT2D eigenvalue weighted by Gasteiger charge is 2.24. The molecular weight excluding hydrogens is 324 g/mol. The molecule has 3 aromatic rings. The third kappa shape index (κ3) is 3.26. The summed E-state index contributed by atoms with van der Waals surface area (Å²) in [5.74, 6) is 1.24. The van der Waals surface area contributed by atoms with Gasteiger partial charge in [0.2, 0.25) is 5.91 Å². The predicted octanol–water partition coefficient (Wildman–Crippen LogP) is 3.40. The topological polar surface area (TPSA) is 59.0 Å². The summed E-state index contributed by atoms with van der Waals surface area (Å²) in [6.07, 6.45) is 2.43. The van der Waals surface area contributed by atoms with E-state index in [1.54, 1.807) is 0 Å². The minimum atomic E-state index is 0.0840. The van der Waals surface area contributed by atoms with E-state index in [4.69, 9.17) is 0 Å². The Morgan fingerprint density at radius 3 is 2.77 bits per heavy atom. The molecule has 5 heteroatoms. The van der Waals surface area contributed by atoms with Gasteiger partial charge in [0.25, 0.3) is 0 Å². The van der Waals surface area contributed by atoms with Gasteiger partial charge in [0, 0.05) is 36.8 Å². The van der Waals surface area contributed by atoms with Crippen molar-refractivity contribution in [3.8, 4) is 5.69 Å². The maximum absolute atomic E-state index is 12.0. The van der Waals surface area contributed by atoms with E-state index in [9.17, 15) is 4.79 Å². The van der Waals surface area contributed by atoms with Crippen molar-refractivity contribution in [3.63, 3.8) is 0 Å². The number of benzene rings is 2. The van der Waals surface area contributed by atoms with E-state index in [0.29, 0.717) is 13.0 Å². The van der Waals surface area contributed by atoms with Crippen molar-refractivity contribution >= 4 is 11.6 Å². The first-order valence-electron chi connectivity index (χ1n) is 8.90. The van der Waals surface area contributed by atoms with Gasteiger partial charge in [-0.1, -0.05) is 36.4 Å². The first-order chi connectivity index (χ1) is 12.7. The molecule has 0 saturated carbocycles. The van der Waals surface area contributed by atoms with Gasteiger partial charge in [0.1, 0.15) is 5.82 Å². The van der Waals surface area contributed by atoms with Gasteiger partial charge in [-0.3, -0.25) is 9.36 Å². The number of imidazole rings is 1. The van der Waals surface area contributed by atoms with E-state index in [0.717, 1.165) is 29.4 Å². The zero-order valence-electron chi connectivity index (χ0n) is 14.8.